The van der Waals surface area contributed by atoms with Crippen molar-refractivity contribution < 1.29 is 41.8 Å². The molecule has 0 spiro atoms. The van der Waals surface area contributed by atoms with Crippen LogP contribution >= 0.6 is 14.6 Å². The van der Waals surface area contributed by atoms with Crippen LogP contribution in [0.5, 0.6) is 0 Å². The second kappa shape index (κ2) is 14.5. The van der Waals surface area contributed by atoms with E-state index in [1.807, 2.05) is 83.1 Å². The monoisotopic (exact) mass is 641 g/mol. The molecule has 0 N–H and O–H groups in total. The zero-order chi connectivity index (χ0) is 28.2. The van der Waals surface area contributed by atoms with E-state index in [1.54, 1.807) is 0 Å². The maximum atomic E-state index is 13.8. The van der Waals surface area contributed by atoms with Crippen LogP contribution in [0.4, 0.5) is 0 Å². The molecular weight excluding hydrogens is 581 g/mol. The van der Waals surface area contributed by atoms with Crippen LogP contribution in [0, 0.1) is 5.41 Å². The van der Waals surface area contributed by atoms with E-state index in [0.29, 0.717) is 13.1 Å². The third-order valence-electron chi connectivity index (χ3n) is 5.63. The molecule has 0 rings (SSSR count). The Balaban J connectivity index is -0.00000111. The van der Waals surface area contributed by atoms with Gasteiger partial charge >= 0.3 is 32.7 Å². The quantitative estimate of drug-likeness (QED) is 0.195. The summed E-state index contributed by atoms with van der Waals surface area (Å²) in [5.41, 5.74) is -0.293. The largest absolute Gasteiger partial charge is 3.00 e. The fourth-order valence-electron chi connectivity index (χ4n) is 4.09. The summed E-state index contributed by atoms with van der Waals surface area (Å²) in [6.45, 7) is 38.2. The number of rotatable bonds is 8. The molecule has 0 amide bonds. The predicted molar refractivity (Wildman–Crippen MR) is 166 cm³/mol. The second-order valence-electron chi connectivity index (χ2n) is 14.9. The molecule has 0 saturated carbocycles. The van der Waals surface area contributed by atoms with Crippen LogP contribution in [0.3, 0.4) is 0 Å². The molecule has 0 radical (unpaired) electrons. The Morgan fingerprint density at radius 1 is 0.514 bits per heavy atom. The Morgan fingerprint density at radius 2 is 0.714 bits per heavy atom. The zero-order valence-corrected chi connectivity index (χ0v) is 33.6. The van der Waals surface area contributed by atoms with Gasteiger partial charge in [-0.3, -0.25) is 0 Å². The molecule has 0 atom stereocenters. The van der Waals surface area contributed by atoms with Crippen molar-refractivity contribution in [2.45, 2.75) is 144 Å². The molecule has 0 aliphatic rings. The van der Waals surface area contributed by atoms with Gasteiger partial charge in [0.2, 0.25) is 0 Å². The molecule has 0 unspecified atom stereocenters. The van der Waals surface area contributed by atoms with Crippen LogP contribution in [-0.4, -0.2) is 51.6 Å². The first kappa shape index (κ1) is 41.4. The number of nitrogens with zero attached hydrogens (tertiary/aromatic N) is 3. The summed E-state index contributed by atoms with van der Waals surface area (Å²) in [4.78, 5) is 0. The summed E-state index contributed by atoms with van der Waals surface area (Å²) in [6.07, 6.45) is 0. The van der Waals surface area contributed by atoms with Crippen molar-refractivity contribution in [2.24, 2.45) is 5.41 Å². The van der Waals surface area contributed by atoms with E-state index in [1.165, 1.54) is 0 Å². The molecular formula is C25H60N3O2P2Si2Y. The summed E-state index contributed by atoms with van der Waals surface area (Å²) < 4.78 is 32.1. The average Bonchev–Trinajstić information content (AvgIpc) is 2.52. The van der Waals surface area contributed by atoms with E-state index in [-0.39, 0.29) is 58.7 Å². The Bertz CT molecular complexity index is 624. The van der Waals surface area contributed by atoms with Crippen molar-refractivity contribution in [1.29, 1.82) is 0 Å². The topological polar surface area (TPSA) is 76.4 Å². The van der Waals surface area contributed by atoms with E-state index < -0.39 is 32.5 Å². The second-order valence-corrected chi connectivity index (χ2v) is 28.7. The van der Waals surface area contributed by atoms with Crippen molar-refractivity contribution in [1.82, 2.24) is 0 Å². The van der Waals surface area contributed by atoms with Gasteiger partial charge in [-0.1, -0.05) is 146 Å². The van der Waals surface area contributed by atoms with E-state index in [0.717, 1.165) is 0 Å². The Labute approximate surface area is 249 Å². The molecule has 0 aliphatic heterocycles. The summed E-state index contributed by atoms with van der Waals surface area (Å²) >= 11 is 0. The summed E-state index contributed by atoms with van der Waals surface area (Å²) in [5.74, 6) is 0. The first-order chi connectivity index (χ1) is 14.5. The molecule has 10 heteroatoms. The fraction of sp³-hybridized carbons (Fsp3) is 1.00. The first-order valence-corrected chi connectivity index (χ1v) is 21.8. The standard InChI is InChI=1S/C21H46N2O2P2.C4H14NSi2.Y/c1-17(2,3)26(24,18(4,5)6)22-15-21(13,14)16-23-27(25,19(7,8)9)20(10,11)12;1-6(2)5-7(3)4;/h15-16H2,1-14H3;6-7H,1-4H3;/q-2;-1;+3. The van der Waals surface area contributed by atoms with Gasteiger partial charge in [0.25, 0.3) is 0 Å². The van der Waals surface area contributed by atoms with Gasteiger partial charge in [-0.2, -0.15) is 0 Å². The molecule has 0 fully saturated rings. The Kier molecular flexibility index (Phi) is 17.1. The molecule has 0 heterocycles. The molecule has 0 aromatic heterocycles. The Morgan fingerprint density at radius 3 is 0.829 bits per heavy atom. The maximum absolute atomic E-state index is 13.8. The van der Waals surface area contributed by atoms with Crippen LogP contribution in [-0.2, 0) is 41.8 Å². The van der Waals surface area contributed by atoms with Crippen molar-refractivity contribution in [3.63, 3.8) is 0 Å². The van der Waals surface area contributed by atoms with Crippen LogP contribution in [0.2, 0.25) is 26.2 Å². The summed E-state index contributed by atoms with van der Waals surface area (Å²) in [6, 6.07) is 0. The smallest absolute Gasteiger partial charge is 0.672 e. The summed E-state index contributed by atoms with van der Waals surface area (Å²) in [7, 11) is -6.68. The van der Waals surface area contributed by atoms with Gasteiger partial charge in [-0.05, 0) is 20.6 Å². The van der Waals surface area contributed by atoms with Crippen molar-refractivity contribution >= 4 is 32.5 Å². The van der Waals surface area contributed by atoms with E-state index >= 15 is 0 Å². The molecule has 208 valence electrons. The van der Waals surface area contributed by atoms with Gasteiger partial charge in [-0.15, -0.1) is 13.1 Å². The van der Waals surface area contributed by atoms with E-state index in [4.69, 9.17) is 10.2 Å². The Hall–Kier alpha value is 1.88. The van der Waals surface area contributed by atoms with Crippen LogP contribution < -0.4 is 0 Å². The molecule has 5 nitrogen and oxygen atoms in total. The molecule has 0 aromatic rings. The molecule has 0 aliphatic carbocycles. The first-order valence-electron chi connectivity index (χ1n) is 12.8. The predicted octanol–water partition coefficient (Wildman–Crippen LogP) is 9.83. The van der Waals surface area contributed by atoms with Gasteiger partial charge in [0.05, 0.1) is 0 Å². The average molecular weight is 642 g/mol. The molecule has 0 saturated heterocycles. The van der Waals surface area contributed by atoms with Crippen LogP contribution in [0.15, 0.2) is 0 Å². The van der Waals surface area contributed by atoms with Gasteiger partial charge in [0.15, 0.2) is 0 Å². The normalized spacial score (nSPS) is 14.5. The van der Waals surface area contributed by atoms with E-state index in [2.05, 4.69) is 44.7 Å². The van der Waals surface area contributed by atoms with Crippen molar-refractivity contribution in [3.05, 3.63) is 14.8 Å². The fourth-order valence-corrected chi connectivity index (χ4v) is 15.7. The number of hydrogen-bond donors (Lipinski definition) is 0. The van der Waals surface area contributed by atoms with Gasteiger partial charge in [0, 0.05) is 14.6 Å². The van der Waals surface area contributed by atoms with Gasteiger partial charge in [0.1, 0.15) is 0 Å². The minimum Gasteiger partial charge on any atom is -0.672 e. The minimum absolute atomic E-state index is 0. The third kappa shape index (κ3) is 13.2. The molecule has 0 bridgehead atoms. The summed E-state index contributed by atoms with van der Waals surface area (Å²) in [5, 5.41) is 8.06. The van der Waals surface area contributed by atoms with Crippen LogP contribution in [0.1, 0.15) is 96.9 Å². The van der Waals surface area contributed by atoms with Crippen LogP contribution in [0.25, 0.3) is 14.8 Å². The SMILES string of the molecule is CC(C)(C[N-]P(=O)(C(C)(C)C)C(C)(C)C)C[N-]P(=O)(C(C)(C)C)C(C)(C)C.C[SiH](C)[N-][SiH](C)C.[Y+3]. The zero-order valence-electron chi connectivity index (χ0n) is 26.7. The molecule has 35 heavy (non-hydrogen) atoms. The van der Waals surface area contributed by atoms with Gasteiger partial charge < -0.3 is 24.0 Å². The van der Waals surface area contributed by atoms with Crippen molar-refractivity contribution in [3.8, 4) is 0 Å². The maximum Gasteiger partial charge on any atom is 3.00 e. The third-order valence-corrected chi connectivity index (χ3v) is 18.8. The van der Waals surface area contributed by atoms with E-state index in [9.17, 15) is 9.13 Å². The van der Waals surface area contributed by atoms with Crippen molar-refractivity contribution in [2.75, 3.05) is 13.1 Å². The number of hydrogen-bond acceptors (Lipinski definition) is 2. The van der Waals surface area contributed by atoms with Gasteiger partial charge in [-0.25, -0.2) is 0 Å². The molecule has 0 aromatic carbocycles. The minimum atomic E-state index is -2.80.